The molecule has 0 aliphatic heterocycles. The van der Waals surface area contributed by atoms with Gasteiger partial charge in [-0.3, -0.25) is 9.48 Å². The van der Waals surface area contributed by atoms with E-state index >= 15 is 0 Å². The Balaban J connectivity index is 1.60. The lowest BCUT2D eigenvalue weighted by molar-refractivity contribution is 0.0947. The zero-order valence-electron chi connectivity index (χ0n) is 17.5. The standard InChI is InChI=1S/C24H18F2N6O/c1-32-13-20(22(10-27)31-32)16-8-19(23(28)29-12-16)15-5-6-18(21(26)9-15)24(33)30-11-14-3-2-4-17(25)7-14/h2-9,12-13H,11H2,1H3,(H2,28,29)(H,30,33). The largest absolute Gasteiger partial charge is 0.383 e. The maximum atomic E-state index is 14.8. The van der Waals surface area contributed by atoms with Crippen LogP contribution in [-0.4, -0.2) is 20.7 Å². The van der Waals surface area contributed by atoms with Gasteiger partial charge < -0.3 is 11.1 Å². The van der Waals surface area contributed by atoms with Gasteiger partial charge in [-0.2, -0.15) is 10.4 Å². The summed E-state index contributed by atoms with van der Waals surface area (Å²) in [6.07, 6.45) is 3.20. The summed E-state index contributed by atoms with van der Waals surface area (Å²) in [5.74, 6) is -1.62. The topological polar surface area (TPSA) is 110 Å². The zero-order valence-corrected chi connectivity index (χ0v) is 17.5. The molecule has 0 atom stereocenters. The number of hydrogen-bond donors (Lipinski definition) is 2. The van der Waals surface area contributed by atoms with Crippen molar-refractivity contribution in [2.45, 2.75) is 6.54 Å². The lowest BCUT2D eigenvalue weighted by Gasteiger charge is -2.10. The van der Waals surface area contributed by atoms with Gasteiger partial charge in [-0.1, -0.05) is 18.2 Å². The first-order valence-corrected chi connectivity index (χ1v) is 9.88. The van der Waals surface area contributed by atoms with Gasteiger partial charge in [0, 0.05) is 42.7 Å². The van der Waals surface area contributed by atoms with Crippen molar-refractivity contribution in [3.05, 3.63) is 89.4 Å². The van der Waals surface area contributed by atoms with Gasteiger partial charge in [-0.05, 0) is 41.5 Å². The van der Waals surface area contributed by atoms with Crippen LogP contribution in [0.3, 0.4) is 0 Å². The minimum atomic E-state index is -0.742. The quantitative estimate of drug-likeness (QED) is 0.486. The van der Waals surface area contributed by atoms with Crippen LogP contribution in [0.2, 0.25) is 0 Å². The number of nitrogens with two attached hydrogens (primary N) is 1. The van der Waals surface area contributed by atoms with Gasteiger partial charge in [0.1, 0.15) is 23.5 Å². The van der Waals surface area contributed by atoms with Crippen molar-refractivity contribution in [3.63, 3.8) is 0 Å². The first-order chi connectivity index (χ1) is 15.9. The predicted molar refractivity (Wildman–Crippen MR) is 119 cm³/mol. The lowest BCUT2D eigenvalue weighted by atomic mass is 10.00. The number of aromatic nitrogens is 3. The Hall–Kier alpha value is -4.58. The second-order valence-electron chi connectivity index (χ2n) is 7.34. The fourth-order valence-corrected chi connectivity index (χ4v) is 3.43. The van der Waals surface area contributed by atoms with Crippen molar-refractivity contribution < 1.29 is 13.6 Å². The van der Waals surface area contributed by atoms with Crippen LogP contribution in [0.4, 0.5) is 14.6 Å². The van der Waals surface area contributed by atoms with Crippen molar-refractivity contribution in [2.24, 2.45) is 7.05 Å². The molecule has 7 nitrogen and oxygen atoms in total. The number of carbonyl (C=O) groups is 1. The van der Waals surface area contributed by atoms with Crippen molar-refractivity contribution in [3.8, 4) is 28.3 Å². The number of rotatable bonds is 5. The smallest absolute Gasteiger partial charge is 0.254 e. The molecule has 0 spiro atoms. The highest BCUT2D eigenvalue weighted by Gasteiger charge is 2.16. The molecule has 4 aromatic rings. The fourth-order valence-electron chi connectivity index (χ4n) is 3.43. The Morgan fingerprint density at radius 3 is 2.70 bits per heavy atom. The second kappa shape index (κ2) is 8.88. The molecule has 4 rings (SSSR count). The SMILES string of the molecule is Cn1cc(-c2cnc(N)c(-c3ccc(C(=O)NCc4cccc(F)c4)c(F)c3)c2)c(C#N)n1. The van der Waals surface area contributed by atoms with Gasteiger partial charge in [0.15, 0.2) is 5.69 Å². The normalized spacial score (nSPS) is 10.6. The van der Waals surface area contributed by atoms with E-state index in [0.717, 1.165) is 0 Å². The van der Waals surface area contributed by atoms with E-state index in [2.05, 4.69) is 15.4 Å². The van der Waals surface area contributed by atoms with Crippen molar-refractivity contribution in [1.29, 1.82) is 5.26 Å². The van der Waals surface area contributed by atoms with E-state index < -0.39 is 17.5 Å². The molecule has 0 radical (unpaired) electrons. The highest BCUT2D eigenvalue weighted by Crippen LogP contribution is 2.31. The van der Waals surface area contributed by atoms with Crippen molar-refractivity contribution in [1.82, 2.24) is 20.1 Å². The van der Waals surface area contributed by atoms with Crippen LogP contribution in [0.1, 0.15) is 21.6 Å². The number of nitrogen functional groups attached to an aromatic ring is 1. The third kappa shape index (κ3) is 4.55. The number of nitrogens with zero attached hydrogens (tertiary/aromatic N) is 4. The molecule has 164 valence electrons. The Morgan fingerprint density at radius 2 is 1.97 bits per heavy atom. The number of nitriles is 1. The molecule has 2 heterocycles. The van der Waals surface area contributed by atoms with Crippen LogP contribution >= 0.6 is 0 Å². The monoisotopic (exact) mass is 444 g/mol. The average Bonchev–Trinajstić information content (AvgIpc) is 3.18. The number of hydrogen-bond acceptors (Lipinski definition) is 5. The number of halogens is 2. The van der Waals surface area contributed by atoms with E-state index in [1.165, 1.54) is 41.2 Å². The highest BCUT2D eigenvalue weighted by molar-refractivity contribution is 5.95. The van der Waals surface area contributed by atoms with Gasteiger partial charge in [0.25, 0.3) is 5.91 Å². The van der Waals surface area contributed by atoms with Crippen LogP contribution in [-0.2, 0) is 13.6 Å². The molecule has 0 aliphatic carbocycles. The maximum absolute atomic E-state index is 14.8. The van der Waals surface area contributed by atoms with Gasteiger partial charge in [0.2, 0.25) is 0 Å². The molecule has 33 heavy (non-hydrogen) atoms. The van der Waals surface area contributed by atoms with E-state index in [0.29, 0.717) is 27.8 Å². The third-order valence-corrected chi connectivity index (χ3v) is 5.03. The van der Waals surface area contributed by atoms with Crippen LogP contribution in [0, 0.1) is 23.0 Å². The van der Waals surface area contributed by atoms with Gasteiger partial charge in [-0.15, -0.1) is 0 Å². The summed E-state index contributed by atoms with van der Waals surface area (Å²) in [7, 11) is 1.70. The predicted octanol–water partition coefficient (Wildman–Crippen LogP) is 3.81. The molecule has 3 N–H and O–H groups in total. The second-order valence-corrected chi connectivity index (χ2v) is 7.34. The molecular formula is C24H18F2N6O. The summed E-state index contributed by atoms with van der Waals surface area (Å²) in [6.45, 7) is 0.0586. The number of benzene rings is 2. The number of nitrogens with one attached hydrogen (secondary N) is 1. The van der Waals surface area contributed by atoms with Crippen LogP contribution < -0.4 is 11.1 Å². The molecule has 0 fully saturated rings. The molecule has 0 aliphatic rings. The van der Waals surface area contributed by atoms with E-state index in [4.69, 9.17) is 5.73 Å². The lowest BCUT2D eigenvalue weighted by Crippen LogP contribution is -2.23. The Labute approximate surface area is 188 Å². The van der Waals surface area contributed by atoms with Gasteiger partial charge >= 0.3 is 0 Å². The first-order valence-electron chi connectivity index (χ1n) is 9.88. The zero-order chi connectivity index (χ0) is 23.5. The summed E-state index contributed by atoms with van der Waals surface area (Å²) in [6, 6.07) is 13.6. The van der Waals surface area contributed by atoms with E-state index in [-0.39, 0.29) is 23.6 Å². The molecule has 9 heteroatoms. The molecule has 1 amide bonds. The minimum absolute atomic E-state index is 0.0586. The minimum Gasteiger partial charge on any atom is -0.383 e. The summed E-state index contributed by atoms with van der Waals surface area (Å²) in [5, 5.41) is 16.0. The molecular weight excluding hydrogens is 426 g/mol. The molecule has 0 saturated carbocycles. The van der Waals surface area contributed by atoms with Crippen molar-refractivity contribution >= 4 is 11.7 Å². The third-order valence-electron chi connectivity index (χ3n) is 5.03. The summed E-state index contributed by atoms with van der Waals surface area (Å²) in [4.78, 5) is 16.6. The first kappa shape index (κ1) is 21.6. The molecule has 0 unspecified atom stereocenters. The number of amides is 1. The van der Waals surface area contributed by atoms with Crippen LogP contribution in [0.25, 0.3) is 22.3 Å². The molecule has 2 aromatic carbocycles. The molecule has 2 aromatic heterocycles. The van der Waals surface area contributed by atoms with E-state index in [1.807, 2.05) is 6.07 Å². The Bertz CT molecular complexity index is 1410. The number of anilines is 1. The summed E-state index contributed by atoms with van der Waals surface area (Å²) < 4.78 is 29.6. The number of aryl methyl sites for hydroxylation is 1. The van der Waals surface area contributed by atoms with Gasteiger partial charge in [0.05, 0.1) is 5.56 Å². The molecule has 0 saturated heterocycles. The highest BCUT2D eigenvalue weighted by atomic mass is 19.1. The van der Waals surface area contributed by atoms with Crippen molar-refractivity contribution in [2.75, 3.05) is 5.73 Å². The average molecular weight is 444 g/mol. The van der Waals surface area contributed by atoms with E-state index in [9.17, 15) is 18.8 Å². The van der Waals surface area contributed by atoms with Crippen LogP contribution in [0.15, 0.2) is 60.9 Å². The summed E-state index contributed by atoms with van der Waals surface area (Å²) >= 11 is 0. The van der Waals surface area contributed by atoms with E-state index in [1.54, 1.807) is 31.4 Å². The van der Waals surface area contributed by atoms with Crippen LogP contribution in [0.5, 0.6) is 0 Å². The Morgan fingerprint density at radius 1 is 1.15 bits per heavy atom. The van der Waals surface area contributed by atoms with Gasteiger partial charge in [-0.25, -0.2) is 13.8 Å². The molecule has 0 bridgehead atoms. The fraction of sp³-hybridized carbons (Fsp3) is 0.0833. The number of pyridine rings is 1. The maximum Gasteiger partial charge on any atom is 0.254 e. The summed E-state index contributed by atoms with van der Waals surface area (Å²) in [5.41, 5.74) is 8.69. The Kier molecular flexibility index (Phi) is 5.83. The number of carbonyl (C=O) groups excluding carboxylic acids is 1.